The summed E-state index contributed by atoms with van der Waals surface area (Å²) in [6.45, 7) is 0. The fourth-order valence-electron chi connectivity index (χ4n) is 6.92. The summed E-state index contributed by atoms with van der Waals surface area (Å²) < 4.78 is 80.5. The van der Waals surface area contributed by atoms with Gasteiger partial charge in [0.25, 0.3) is 0 Å². The van der Waals surface area contributed by atoms with Crippen LogP contribution in [0.15, 0.2) is 168 Å². The van der Waals surface area contributed by atoms with Crippen LogP contribution in [0.5, 0.6) is 0 Å². The van der Waals surface area contributed by atoms with Gasteiger partial charge in [0, 0.05) is 24.0 Å². The van der Waals surface area contributed by atoms with E-state index in [4.69, 9.17) is 46.4 Å². The molecule has 0 radical (unpaired) electrons. The number of hydrogen-bond acceptors (Lipinski definition) is 8. The Labute approximate surface area is 339 Å². The molecule has 0 saturated carbocycles. The highest BCUT2D eigenvalue weighted by Gasteiger charge is 2.75. The molecule has 8 nitrogen and oxygen atoms in total. The van der Waals surface area contributed by atoms with Gasteiger partial charge in [0.15, 0.2) is 29.8 Å². The zero-order valence-corrected chi connectivity index (χ0v) is 33.9. The normalized spacial score (nSPS) is 25.1. The molecule has 6 rings (SSSR count). The van der Waals surface area contributed by atoms with Crippen molar-refractivity contribution >= 4 is 87.5 Å². The Kier molecular flexibility index (Phi) is 11.1. The highest BCUT2D eigenvalue weighted by atomic mass is 35.5. The lowest BCUT2D eigenvalue weighted by Gasteiger charge is -2.51. The van der Waals surface area contributed by atoms with Gasteiger partial charge in [-0.1, -0.05) is 168 Å². The SMILES string of the molecule is O=C(CC1(S(=O)(=O)C2(CC(=O)c3ccccc3)C=CC=CC2(Cl)S(=O)(=O)c2ccccc2Cl)C=CC=CC1(Cl)S(=O)(=O)c1ccccc1Cl)c1ccccc1. The van der Waals surface area contributed by atoms with E-state index < -0.39 is 81.6 Å². The number of hydrogen-bond donors (Lipinski definition) is 0. The quantitative estimate of drug-likeness (QED) is 0.102. The van der Waals surface area contributed by atoms with Crippen molar-refractivity contribution in [3.63, 3.8) is 0 Å². The summed E-state index contributed by atoms with van der Waals surface area (Å²) in [6.07, 6.45) is 6.10. The zero-order valence-electron chi connectivity index (χ0n) is 28.4. The van der Waals surface area contributed by atoms with E-state index in [-0.39, 0.29) is 21.2 Å². The summed E-state index contributed by atoms with van der Waals surface area (Å²) in [5.74, 6) is -1.75. The third kappa shape index (κ3) is 6.28. The molecule has 4 unspecified atom stereocenters. The predicted octanol–water partition coefficient (Wildman–Crippen LogP) is 8.80. The molecule has 4 aromatic carbocycles. The summed E-state index contributed by atoms with van der Waals surface area (Å²) in [5, 5.41) is -0.623. The van der Waals surface area contributed by atoms with E-state index in [0.29, 0.717) is 0 Å². The van der Waals surface area contributed by atoms with Gasteiger partial charge in [-0.05, 0) is 36.4 Å². The van der Waals surface area contributed by atoms with Crippen LogP contribution in [-0.2, 0) is 29.5 Å². The van der Waals surface area contributed by atoms with Gasteiger partial charge in [0.1, 0.15) is 9.49 Å². The van der Waals surface area contributed by atoms with Crippen molar-refractivity contribution in [2.24, 2.45) is 0 Å². The van der Waals surface area contributed by atoms with Crippen molar-refractivity contribution in [1.82, 2.24) is 0 Å². The van der Waals surface area contributed by atoms with E-state index in [2.05, 4.69) is 0 Å². The molecule has 4 atom stereocenters. The number of ketones is 2. The van der Waals surface area contributed by atoms with Gasteiger partial charge in [-0.2, -0.15) is 0 Å². The van der Waals surface area contributed by atoms with E-state index in [0.717, 1.165) is 36.4 Å². The van der Waals surface area contributed by atoms with Crippen molar-refractivity contribution in [1.29, 1.82) is 0 Å². The number of alkyl halides is 2. The van der Waals surface area contributed by atoms with E-state index in [1.165, 1.54) is 109 Å². The van der Waals surface area contributed by atoms with Crippen molar-refractivity contribution in [3.05, 3.63) is 179 Å². The van der Waals surface area contributed by atoms with Gasteiger partial charge in [-0.25, -0.2) is 25.3 Å². The van der Waals surface area contributed by atoms with Gasteiger partial charge >= 0.3 is 0 Å². The predicted molar refractivity (Wildman–Crippen MR) is 216 cm³/mol. The second-order valence-corrected chi connectivity index (χ2v) is 21.9. The lowest BCUT2D eigenvalue weighted by atomic mass is 9.89. The maximum absolute atomic E-state index is 16.4. The maximum Gasteiger partial charge on any atom is 0.205 e. The summed E-state index contributed by atoms with van der Waals surface area (Å²) in [4.78, 5) is 27.6. The Balaban J connectivity index is 1.75. The van der Waals surface area contributed by atoms with E-state index in [1.54, 1.807) is 12.1 Å². The minimum Gasteiger partial charge on any atom is -0.294 e. The molecule has 0 N–H and O–H groups in total. The molecule has 2 aliphatic rings. The summed E-state index contributed by atoms with van der Waals surface area (Å²) >= 11 is 27.5. The average Bonchev–Trinajstić information content (AvgIpc) is 3.17. The van der Waals surface area contributed by atoms with Crippen LogP contribution in [0.1, 0.15) is 33.6 Å². The molecular formula is C40H30Cl4O8S3. The van der Waals surface area contributed by atoms with Gasteiger partial charge in [-0.15, -0.1) is 0 Å². The molecule has 0 saturated heterocycles. The average molecular weight is 877 g/mol. The highest BCUT2D eigenvalue weighted by molar-refractivity contribution is 8.01. The van der Waals surface area contributed by atoms with Crippen LogP contribution < -0.4 is 0 Å². The first-order valence-electron chi connectivity index (χ1n) is 16.4. The van der Waals surface area contributed by atoms with Crippen molar-refractivity contribution in [2.75, 3.05) is 0 Å². The lowest BCUT2D eigenvalue weighted by Crippen LogP contribution is -2.70. The Bertz CT molecular complexity index is 2470. The Morgan fingerprint density at radius 1 is 0.455 bits per heavy atom. The molecule has 0 heterocycles. The number of benzene rings is 4. The second-order valence-electron chi connectivity index (χ2n) is 12.8. The van der Waals surface area contributed by atoms with Gasteiger partial charge in [0.05, 0.1) is 19.8 Å². The molecule has 4 aromatic rings. The third-order valence-electron chi connectivity index (χ3n) is 9.76. The molecule has 0 spiro atoms. The number of allylic oxidation sites excluding steroid dienone is 4. The van der Waals surface area contributed by atoms with E-state index in [1.807, 2.05) is 0 Å². The topological polar surface area (TPSA) is 137 Å². The molecule has 0 aromatic heterocycles. The number of carbonyl (C=O) groups is 2. The smallest absolute Gasteiger partial charge is 0.205 e. The second kappa shape index (κ2) is 14.9. The van der Waals surface area contributed by atoms with Crippen LogP contribution in [0.3, 0.4) is 0 Å². The lowest BCUT2D eigenvalue weighted by molar-refractivity contribution is 0.0969. The van der Waals surface area contributed by atoms with Gasteiger partial charge < -0.3 is 0 Å². The van der Waals surface area contributed by atoms with Crippen LogP contribution in [0.2, 0.25) is 10.0 Å². The van der Waals surface area contributed by atoms with Crippen LogP contribution in [-0.4, -0.2) is 54.7 Å². The Morgan fingerprint density at radius 3 is 1.11 bits per heavy atom. The molecule has 55 heavy (non-hydrogen) atoms. The summed E-state index contributed by atoms with van der Waals surface area (Å²) in [6, 6.07) is 25.3. The largest absolute Gasteiger partial charge is 0.294 e. The highest BCUT2D eigenvalue weighted by Crippen LogP contribution is 2.60. The fraction of sp³-hybridized carbons (Fsp3) is 0.150. The molecule has 15 heteroatoms. The minimum absolute atomic E-state index is 0.0106. The first-order valence-corrected chi connectivity index (χ1v) is 22.4. The summed E-state index contributed by atoms with van der Waals surface area (Å²) in [7, 11) is -16.1. The minimum atomic E-state index is -5.76. The Morgan fingerprint density at radius 2 is 0.764 bits per heavy atom. The van der Waals surface area contributed by atoms with Crippen LogP contribution in [0, 0.1) is 0 Å². The zero-order chi connectivity index (χ0) is 39.9. The standard InChI is InChI=1S/C40H30Cl4O8S3/c41-31-19-7-9-21-35(31)53(47,48)39(43)25-13-11-23-37(39,27-33(45)29-15-3-1-4-16-29)55(51,52)38(28-34(46)30-17-5-2-6-18-30)24-12-14-26-40(38,44)54(49,50)36-22-10-8-20-32(36)42/h1-26H,27-28H2. The van der Waals surface area contributed by atoms with Crippen LogP contribution >= 0.6 is 46.4 Å². The molecular weight excluding hydrogens is 846 g/mol. The van der Waals surface area contributed by atoms with Crippen molar-refractivity contribution in [2.45, 2.75) is 40.5 Å². The molecule has 0 fully saturated rings. The number of rotatable bonds is 12. The number of sulfone groups is 3. The number of halogens is 4. The first kappa shape index (κ1) is 40.8. The Hall–Kier alpha value is -3.81. The first-order chi connectivity index (χ1) is 25.9. The van der Waals surface area contributed by atoms with E-state index >= 15 is 25.3 Å². The van der Waals surface area contributed by atoms with Crippen molar-refractivity contribution < 1.29 is 34.8 Å². The number of Topliss-reactive ketones (excluding diaryl/α,β-unsaturated/α-hetero) is 2. The van der Waals surface area contributed by atoms with E-state index in [9.17, 15) is 9.59 Å². The third-order valence-corrected chi connectivity index (χ3v) is 20.8. The maximum atomic E-state index is 16.4. The van der Waals surface area contributed by atoms with Crippen molar-refractivity contribution in [3.8, 4) is 0 Å². The molecule has 0 bridgehead atoms. The van der Waals surface area contributed by atoms with Gasteiger partial charge in [0.2, 0.25) is 19.7 Å². The molecule has 284 valence electrons. The molecule has 2 aliphatic carbocycles. The molecule has 0 amide bonds. The number of carbonyl (C=O) groups excluding carboxylic acids is 2. The molecule has 0 aliphatic heterocycles. The van der Waals surface area contributed by atoms with Crippen LogP contribution in [0.4, 0.5) is 0 Å². The fourth-order valence-corrected chi connectivity index (χ4v) is 16.8. The van der Waals surface area contributed by atoms with Gasteiger partial charge in [-0.3, -0.25) is 9.59 Å². The monoisotopic (exact) mass is 874 g/mol. The summed E-state index contributed by atoms with van der Waals surface area (Å²) in [5.41, 5.74) is -0.0213. The van der Waals surface area contributed by atoms with Crippen LogP contribution in [0.25, 0.3) is 0 Å².